The highest BCUT2D eigenvalue weighted by atomic mass is 16.5. The first-order valence-electron chi connectivity index (χ1n) is 6.28. The molecule has 1 heterocycles. The topological polar surface area (TPSA) is 47.6 Å². The molecule has 4 nitrogen and oxygen atoms in total. The lowest BCUT2D eigenvalue weighted by Gasteiger charge is -2.23. The van der Waals surface area contributed by atoms with Crippen molar-refractivity contribution in [2.45, 2.75) is 25.4 Å². The van der Waals surface area contributed by atoms with Crippen LogP contribution in [0.15, 0.2) is 24.3 Å². The number of rotatable bonds is 4. The van der Waals surface area contributed by atoms with E-state index in [1.807, 2.05) is 12.1 Å². The maximum atomic E-state index is 11.3. The second-order valence-corrected chi connectivity index (χ2v) is 4.48. The molecule has 0 amide bonds. The minimum absolute atomic E-state index is 0.296. The number of nitrogens with one attached hydrogen (secondary N) is 1. The van der Waals surface area contributed by atoms with E-state index in [9.17, 15) is 4.79 Å². The van der Waals surface area contributed by atoms with Gasteiger partial charge in [0.25, 0.3) is 0 Å². The lowest BCUT2D eigenvalue weighted by atomic mass is 10.1. The second-order valence-electron chi connectivity index (χ2n) is 4.48. The van der Waals surface area contributed by atoms with Crippen molar-refractivity contribution in [3.8, 4) is 0 Å². The van der Waals surface area contributed by atoms with Gasteiger partial charge in [0.15, 0.2) is 0 Å². The molecule has 0 bridgehead atoms. The highest BCUT2D eigenvalue weighted by Crippen LogP contribution is 2.09. The van der Waals surface area contributed by atoms with E-state index in [0.717, 1.165) is 31.7 Å². The van der Waals surface area contributed by atoms with Gasteiger partial charge >= 0.3 is 5.97 Å². The van der Waals surface area contributed by atoms with Crippen LogP contribution in [0.5, 0.6) is 0 Å². The smallest absolute Gasteiger partial charge is 0.337 e. The summed E-state index contributed by atoms with van der Waals surface area (Å²) in [4.78, 5) is 11.3. The highest BCUT2D eigenvalue weighted by molar-refractivity contribution is 5.89. The molecule has 0 radical (unpaired) electrons. The zero-order valence-corrected chi connectivity index (χ0v) is 10.6. The predicted octanol–water partition coefficient (Wildman–Crippen LogP) is 1.74. The van der Waals surface area contributed by atoms with Crippen LogP contribution >= 0.6 is 0 Å². The summed E-state index contributed by atoms with van der Waals surface area (Å²) in [5, 5.41) is 3.46. The Morgan fingerprint density at radius 2 is 2.22 bits per heavy atom. The molecule has 1 N–H and O–H groups in total. The van der Waals surface area contributed by atoms with Gasteiger partial charge in [0.1, 0.15) is 0 Å². The van der Waals surface area contributed by atoms with Crippen LogP contribution in [0.1, 0.15) is 28.8 Å². The van der Waals surface area contributed by atoms with Crippen molar-refractivity contribution in [1.29, 1.82) is 0 Å². The zero-order valence-electron chi connectivity index (χ0n) is 10.6. The normalized spacial score (nSPS) is 19.5. The van der Waals surface area contributed by atoms with Gasteiger partial charge in [-0.05, 0) is 30.5 Å². The van der Waals surface area contributed by atoms with Crippen LogP contribution in [0.2, 0.25) is 0 Å². The van der Waals surface area contributed by atoms with E-state index in [4.69, 9.17) is 4.74 Å². The predicted molar refractivity (Wildman–Crippen MR) is 68.5 cm³/mol. The number of hydrogen-bond acceptors (Lipinski definition) is 4. The van der Waals surface area contributed by atoms with Gasteiger partial charge in [-0.1, -0.05) is 12.1 Å². The van der Waals surface area contributed by atoms with Crippen molar-refractivity contribution in [1.82, 2.24) is 5.32 Å². The number of ether oxygens (including phenoxy) is 2. The molecule has 18 heavy (non-hydrogen) atoms. The fourth-order valence-corrected chi connectivity index (χ4v) is 2.04. The summed E-state index contributed by atoms with van der Waals surface area (Å²) in [6, 6.07) is 7.92. The molecule has 1 atom stereocenters. The molecule has 1 fully saturated rings. The number of methoxy groups -OCH3 is 1. The van der Waals surface area contributed by atoms with Crippen molar-refractivity contribution >= 4 is 5.97 Å². The van der Waals surface area contributed by atoms with Crippen molar-refractivity contribution < 1.29 is 14.3 Å². The SMILES string of the molecule is COC(=O)c1ccc(CNC2CCCOC2)cc1. The zero-order chi connectivity index (χ0) is 12.8. The standard InChI is InChI=1S/C14H19NO3/c1-17-14(16)12-6-4-11(5-7-12)9-15-13-3-2-8-18-10-13/h4-7,13,15H,2-3,8-10H2,1H3. The Labute approximate surface area is 107 Å². The number of benzene rings is 1. The quantitative estimate of drug-likeness (QED) is 0.826. The molecule has 0 saturated carbocycles. The molecule has 98 valence electrons. The molecule has 2 rings (SSSR count). The summed E-state index contributed by atoms with van der Waals surface area (Å²) >= 11 is 0. The van der Waals surface area contributed by atoms with Crippen LogP contribution in [0.3, 0.4) is 0 Å². The Kier molecular flexibility index (Phi) is 4.73. The van der Waals surface area contributed by atoms with Crippen LogP contribution in [-0.4, -0.2) is 32.3 Å². The lowest BCUT2D eigenvalue weighted by Crippen LogP contribution is -2.36. The minimum atomic E-state index is -0.296. The summed E-state index contributed by atoms with van der Waals surface area (Å²) < 4.78 is 10.1. The number of esters is 1. The third kappa shape index (κ3) is 3.55. The average Bonchev–Trinajstić information content (AvgIpc) is 2.46. The summed E-state index contributed by atoms with van der Waals surface area (Å²) in [6.45, 7) is 2.47. The maximum Gasteiger partial charge on any atom is 0.337 e. The molecule has 1 unspecified atom stereocenters. The number of hydrogen-bond donors (Lipinski definition) is 1. The molecule has 1 aliphatic heterocycles. The number of carbonyl (C=O) groups is 1. The van der Waals surface area contributed by atoms with Crippen molar-refractivity contribution in [3.05, 3.63) is 35.4 Å². The van der Waals surface area contributed by atoms with Gasteiger partial charge in [-0.3, -0.25) is 0 Å². The van der Waals surface area contributed by atoms with Crippen LogP contribution in [0, 0.1) is 0 Å². The first-order valence-corrected chi connectivity index (χ1v) is 6.28. The number of carbonyl (C=O) groups excluding carboxylic acids is 1. The lowest BCUT2D eigenvalue weighted by molar-refractivity contribution is 0.0600. The summed E-state index contributed by atoms with van der Waals surface area (Å²) in [5.41, 5.74) is 1.75. The molecule has 0 spiro atoms. The Morgan fingerprint density at radius 3 is 2.83 bits per heavy atom. The van der Waals surface area contributed by atoms with Gasteiger partial charge in [0.05, 0.1) is 19.3 Å². The molecule has 4 heteroatoms. The van der Waals surface area contributed by atoms with Gasteiger partial charge in [-0.15, -0.1) is 0 Å². The first-order chi connectivity index (χ1) is 8.79. The summed E-state index contributed by atoms with van der Waals surface area (Å²) in [7, 11) is 1.39. The molecule has 1 aliphatic rings. The molecular weight excluding hydrogens is 230 g/mol. The van der Waals surface area contributed by atoms with Crippen molar-refractivity contribution in [3.63, 3.8) is 0 Å². The van der Waals surface area contributed by atoms with Gasteiger partial charge in [0.2, 0.25) is 0 Å². The third-order valence-corrected chi connectivity index (χ3v) is 3.13. The van der Waals surface area contributed by atoms with E-state index in [2.05, 4.69) is 10.1 Å². The van der Waals surface area contributed by atoms with E-state index < -0.39 is 0 Å². The van der Waals surface area contributed by atoms with Crippen LogP contribution in [0.4, 0.5) is 0 Å². The molecular formula is C14H19NO3. The fourth-order valence-electron chi connectivity index (χ4n) is 2.04. The Hall–Kier alpha value is -1.39. The van der Waals surface area contributed by atoms with Crippen molar-refractivity contribution in [2.24, 2.45) is 0 Å². The van der Waals surface area contributed by atoms with E-state index in [1.54, 1.807) is 12.1 Å². The van der Waals surface area contributed by atoms with E-state index in [1.165, 1.54) is 13.5 Å². The van der Waals surface area contributed by atoms with Crippen LogP contribution < -0.4 is 5.32 Å². The van der Waals surface area contributed by atoms with Crippen LogP contribution in [-0.2, 0) is 16.0 Å². The van der Waals surface area contributed by atoms with E-state index in [0.29, 0.717) is 11.6 Å². The molecule has 0 aliphatic carbocycles. The van der Waals surface area contributed by atoms with Gasteiger partial charge < -0.3 is 14.8 Å². The highest BCUT2D eigenvalue weighted by Gasteiger charge is 2.12. The Morgan fingerprint density at radius 1 is 1.44 bits per heavy atom. The first kappa shape index (κ1) is 13.1. The monoisotopic (exact) mass is 249 g/mol. The van der Waals surface area contributed by atoms with Gasteiger partial charge in [0, 0.05) is 19.2 Å². The summed E-state index contributed by atoms with van der Waals surface area (Å²) in [6.07, 6.45) is 2.29. The fraction of sp³-hybridized carbons (Fsp3) is 0.500. The van der Waals surface area contributed by atoms with Gasteiger partial charge in [-0.2, -0.15) is 0 Å². The third-order valence-electron chi connectivity index (χ3n) is 3.13. The minimum Gasteiger partial charge on any atom is -0.465 e. The molecule has 1 aromatic rings. The Balaban J connectivity index is 1.84. The maximum absolute atomic E-state index is 11.3. The molecule has 0 aromatic heterocycles. The van der Waals surface area contributed by atoms with E-state index in [-0.39, 0.29) is 5.97 Å². The van der Waals surface area contributed by atoms with Crippen LogP contribution in [0.25, 0.3) is 0 Å². The molecule has 1 saturated heterocycles. The summed E-state index contributed by atoms with van der Waals surface area (Å²) in [5.74, 6) is -0.296. The molecule has 1 aromatic carbocycles. The Bertz CT molecular complexity index is 383. The largest absolute Gasteiger partial charge is 0.465 e. The van der Waals surface area contributed by atoms with Crippen molar-refractivity contribution in [2.75, 3.05) is 20.3 Å². The van der Waals surface area contributed by atoms with E-state index >= 15 is 0 Å². The average molecular weight is 249 g/mol. The van der Waals surface area contributed by atoms with Gasteiger partial charge in [-0.25, -0.2) is 4.79 Å². The second kappa shape index (κ2) is 6.52.